The third kappa shape index (κ3) is 3.43. The molecule has 3 aliphatic rings. The van der Waals surface area contributed by atoms with Gasteiger partial charge in [0.05, 0.1) is 28.1 Å². The number of amides is 1. The number of hydrogen-bond donors (Lipinski definition) is 1. The van der Waals surface area contributed by atoms with Crippen molar-refractivity contribution in [2.24, 2.45) is 5.41 Å². The summed E-state index contributed by atoms with van der Waals surface area (Å²) < 4.78 is 29.0. The fraction of sp³-hybridized carbons (Fsp3) is 0.464. The molecule has 1 aliphatic heterocycles. The zero-order chi connectivity index (χ0) is 25.9. The van der Waals surface area contributed by atoms with E-state index in [0.29, 0.717) is 13.1 Å². The van der Waals surface area contributed by atoms with Gasteiger partial charge in [0.1, 0.15) is 24.1 Å². The number of nitrogens with zero attached hydrogens (tertiary/aromatic N) is 5. The Labute approximate surface area is 214 Å². The van der Waals surface area contributed by atoms with Crippen LogP contribution in [0.15, 0.2) is 36.5 Å². The van der Waals surface area contributed by atoms with E-state index in [-0.39, 0.29) is 34.4 Å². The van der Waals surface area contributed by atoms with Gasteiger partial charge in [0.2, 0.25) is 5.91 Å². The third-order valence-corrected chi connectivity index (χ3v) is 9.06. The molecule has 1 aromatic carbocycles. The van der Waals surface area contributed by atoms with Gasteiger partial charge in [-0.1, -0.05) is 19.9 Å². The normalized spacial score (nSPS) is 24.4. The number of aliphatic hydroxyl groups excluding tert-OH is 1. The summed E-state index contributed by atoms with van der Waals surface area (Å²) in [6.45, 7) is 5.11. The maximum Gasteiger partial charge on any atom is 0.248 e. The monoisotopic (exact) mass is 505 g/mol. The summed E-state index contributed by atoms with van der Waals surface area (Å²) in [4.78, 5) is 23.2. The summed E-state index contributed by atoms with van der Waals surface area (Å²) in [5.74, 6) is -0.511. The molecule has 37 heavy (non-hydrogen) atoms. The Morgan fingerprint density at radius 1 is 1.11 bits per heavy atom. The number of aliphatic hydroxyl groups is 1. The summed E-state index contributed by atoms with van der Waals surface area (Å²) in [6, 6.07) is 7.58. The molecule has 0 spiro atoms. The summed E-state index contributed by atoms with van der Waals surface area (Å²) in [5, 5.41) is 18.1. The first kappa shape index (κ1) is 24.0. The second-order valence-electron chi connectivity index (χ2n) is 11.0. The van der Waals surface area contributed by atoms with Crippen LogP contribution in [0.2, 0.25) is 0 Å². The smallest absolute Gasteiger partial charge is 0.248 e. The molecule has 1 saturated carbocycles. The van der Waals surface area contributed by atoms with E-state index in [1.54, 1.807) is 11.1 Å². The molecule has 9 heteroatoms. The fourth-order valence-electron chi connectivity index (χ4n) is 7.05. The van der Waals surface area contributed by atoms with Gasteiger partial charge in [0, 0.05) is 25.2 Å². The molecule has 1 saturated heterocycles. The molecule has 2 bridgehead atoms. The quantitative estimate of drug-likeness (QED) is 0.574. The molecule has 192 valence electrons. The minimum Gasteiger partial charge on any atom is -0.387 e. The SMILES string of the molecule is CC1(C)[C@H]2CC[C@@]1(c1ccnc(C3CCN(C(=O)CO)CC3)n1)c1nnc(-c3c(F)cccc3F)cc12. The van der Waals surface area contributed by atoms with Crippen LogP contribution in [-0.2, 0) is 10.2 Å². The van der Waals surface area contributed by atoms with Crippen LogP contribution in [0.1, 0.15) is 74.1 Å². The molecule has 1 amide bonds. The van der Waals surface area contributed by atoms with Gasteiger partial charge in [-0.05, 0) is 66.8 Å². The number of carbonyl (C=O) groups excluding carboxylic acids is 1. The number of fused-ring (bicyclic) bond motifs is 5. The lowest BCUT2D eigenvalue weighted by Gasteiger charge is -2.38. The predicted molar refractivity (Wildman–Crippen MR) is 132 cm³/mol. The summed E-state index contributed by atoms with van der Waals surface area (Å²) in [6.07, 6.45) is 5.06. The van der Waals surface area contributed by atoms with Crippen molar-refractivity contribution in [3.63, 3.8) is 0 Å². The predicted octanol–water partition coefficient (Wildman–Crippen LogP) is 4.11. The zero-order valence-corrected chi connectivity index (χ0v) is 20.9. The standard InChI is InChI=1S/C28H29F2N5O2/c1-27(2)18-6-10-28(27,25-17(18)14-21(33-34-25)24-19(29)4-3-5-20(24)30)22-7-11-31-26(32-22)16-8-12-35(13-9-16)23(37)15-36/h3-5,7,11,14,16,18,36H,6,8-10,12-13,15H2,1-2H3/t18-,28+/m0/s1. The lowest BCUT2D eigenvalue weighted by atomic mass is 9.66. The molecule has 2 aliphatic carbocycles. The van der Waals surface area contributed by atoms with Crippen LogP contribution in [0, 0.1) is 17.0 Å². The minimum atomic E-state index is -0.654. The van der Waals surface area contributed by atoms with Crippen molar-refractivity contribution in [3.8, 4) is 11.3 Å². The van der Waals surface area contributed by atoms with Crippen molar-refractivity contribution in [1.82, 2.24) is 25.1 Å². The molecule has 0 unspecified atom stereocenters. The highest BCUT2D eigenvalue weighted by Gasteiger charge is 2.65. The van der Waals surface area contributed by atoms with Crippen LogP contribution in [0.5, 0.6) is 0 Å². The lowest BCUT2D eigenvalue weighted by Crippen LogP contribution is -2.40. The highest BCUT2D eigenvalue weighted by atomic mass is 19.1. The second kappa shape index (κ2) is 8.62. The molecule has 2 atom stereocenters. The minimum absolute atomic E-state index is 0.123. The molecule has 6 rings (SSSR count). The van der Waals surface area contributed by atoms with E-state index in [4.69, 9.17) is 10.1 Å². The van der Waals surface area contributed by atoms with Crippen molar-refractivity contribution in [2.45, 2.75) is 56.8 Å². The van der Waals surface area contributed by atoms with Gasteiger partial charge in [-0.2, -0.15) is 5.10 Å². The molecule has 3 heterocycles. The van der Waals surface area contributed by atoms with Gasteiger partial charge < -0.3 is 10.0 Å². The molecular weight excluding hydrogens is 476 g/mol. The Morgan fingerprint density at radius 2 is 1.84 bits per heavy atom. The summed E-state index contributed by atoms with van der Waals surface area (Å²) >= 11 is 0. The second-order valence-corrected chi connectivity index (χ2v) is 11.0. The first-order chi connectivity index (χ1) is 17.8. The Bertz CT molecular complexity index is 1370. The van der Waals surface area contributed by atoms with Crippen LogP contribution in [0.4, 0.5) is 8.78 Å². The van der Waals surface area contributed by atoms with Gasteiger partial charge in [-0.25, -0.2) is 18.7 Å². The Kier molecular flexibility index (Phi) is 5.60. The van der Waals surface area contributed by atoms with Crippen molar-refractivity contribution in [2.75, 3.05) is 19.7 Å². The zero-order valence-electron chi connectivity index (χ0n) is 20.9. The maximum absolute atomic E-state index is 14.5. The van der Waals surface area contributed by atoms with Crippen LogP contribution in [0.3, 0.4) is 0 Å². The van der Waals surface area contributed by atoms with Gasteiger partial charge in [0.25, 0.3) is 0 Å². The number of halogens is 2. The molecule has 3 aromatic rings. The number of carbonyl (C=O) groups is 1. The molecular formula is C28H29F2N5O2. The number of rotatable bonds is 4. The van der Waals surface area contributed by atoms with Crippen LogP contribution in [-0.4, -0.2) is 55.8 Å². The number of hydrogen-bond acceptors (Lipinski definition) is 6. The maximum atomic E-state index is 14.5. The first-order valence-corrected chi connectivity index (χ1v) is 12.8. The van der Waals surface area contributed by atoms with E-state index < -0.39 is 23.7 Å². The number of benzene rings is 1. The van der Waals surface area contributed by atoms with Crippen molar-refractivity contribution < 1.29 is 18.7 Å². The van der Waals surface area contributed by atoms with E-state index in [1.165, 1.54) is 18.2 Å². The van der Waals surface area contributed by atoms with Crippen molar-refractivity contribution in [3.05, 3.63) is 70.9 Å². The number of aromatic nitrogens is 4. The summed E-state index contributed by atoms with van der Waals surface area (Å²) in [7, 11) is 0. The summed E-state index contributed by atoms with van der Waals surface area (Å²) in [5.41, 5.74) is 2.08. The van der Waals surface area contributed by atoms with E-state index >= 15 is 0 Å². The van der Waals surface area contributed by atoms with E-state index in [2.05, 4.69) is 29.0 Å². The topological polar surface area (TPSA) is 92.1 Å². The van der Waals surface area contributed by atoms with Crippen molar-refractivity contribution >= 4 is 5.91 Å². The Morgan fingerprint density at radius 3 is 2.54 bits per heavy atom. The van der Waals surface area contributed by atoms with Crippen LogP contribution in [0.25, 0.3) is 11.3 Å². The first-order valence-electron chi connectivity index (χ1n) is 12.8. The molecule has 2 aromatic heterocycles. The third-order valence-electron chi connectivity index (χ3n) is 9.06. The molecule has 1 N–H and O–H groups in total. The van der Waals surface area contributed by atoms with Gasteiger partial charge in [-0.15, -0.1) is 5.10 Å². The Balaban J connectivity index is 1.38. The number of piperidine rings is 1. The molecule has 0 radical (unpaired) electrons. The van der Waals surface area contributed by atoms with Crippen LogP contribution >= 0.6 is 0 Å². The van der Waals surface area contributed by atoms with E-state index in [0.717, 1.165) is 48.5 Å². The Hall–Kier alpha value is -3.33. The van der Waals surface area contributed by atoms with Gasteiger partial charge in [-0.3, -0.25) is 4.79 Å². The molecule has 7 nitrogen and oxygen atoms in total. The highest BCUT2D eigenvalue weighted by Crippen LogP contribution is 2.69. The number of likely N-dealkylation sites (tertiary alicyclic amines) is 1. The fourth-order valence-corrected chi connectivity index (χ4v) is 7.05. The highest BCUT2D eigenvalue weighted by molar-refractivity contribution is 5.77. The average molecular weight is 506 g/mol. The largest absolute Gasteiger partial charge is 0.387 e. The van der Waals surface area contributed by atoms with Gasteiger partial charge in [0.15, 0.2) is 0 Å². The van der Waals surface area contributed by atoms with Gasteiger partial charge >= 0.3 is 0 Å². The van der Waals surface area contributed by atoms with E-state index in [9.17, 15) is 13.6 Å². The van der Waals surface area contributed by atoms with Crippen LogP contribution < -0.4 is 0 Å². The average Bonchev–Trinajstić information content (AvgIpc) is 3.29. The lowest BCUT2D eigenvalue weighted by molar-refractivity contribution is -0.135. The van der Waals surface area contributed by atoms with Crippen molar-refractivity contribution in [1.29, 1.82) is 0 Å². The van der Waals surface area contributed by atoms with E-state index in [1.807, 2.05) is 12.1 Å². The molecule has 2 fully saturated rings.